The maximum absolute atomic E-state index is 6.17. The molecule has 0 N–H and O–H groups in total. The summed E-state index contributed by atoms with van der Waals surface area (Å²) in [7, 11) is 0. The standard InChI is InChI=1S/C12H22O/c1-11(2)9-7-5-6-8-10(9)13-12(11,3)4/h9-10H,5-8H2,1-4H3. The molecule has 1 heterocycles. The number of hydrogen-bond donors (Lipinski definition) is 0. The van der Waals surface area contributed by atoms with Crippen LogP contribution in [0.3, 0.4) is 0 Å². The second kappa shape index (κ2) is 2.73. The van der Waals surface area contributed by atoms with Gasteiger partial charge in [-0.2, -0.15) is 0 Å². The van der Waals surface area contributed by atoms with Gasteiger partial charge in [-0.15, -0.1) is 0 Å². The summed E-state index contributed by atoms with van der Waals surface area (Å²) in [6.07, 6.45) is 5.99. The predicted octanol–water partition coefficient (Wildman–Crippen LogP) is 3.38. The second-order valence-electron chi connectivity index (χ2n) is 5.78. The van der Waals surface area contributed by atoms with Crippen LogP contribution < -0.4 is 0 Å². The van der Waals surface area contributed by atoms with Gasteiger partial charge in [-0.3, -0.25) is 0 Å². The van der Waals surface area contributed by atoms with Gasteiger partial charge < -0.3 is 4.74 Å². The van der Waals surface area contributed by atoms with Crippen molar-refractivity contribution in [1.82, 2.24) is 0 Å². The molecule has 1 aliphatic carbocycles. The summed E-state index contributed by atoms with van der Waals surface area (Å²) in [4.78, 5) is 0. The van der Waals surface area contributed by atoms with Crippen molar-refractivity contribution in [2.24, 2.45) is 11.3 Å². The van der Waals surface area contributed by atoms with Gasteiger partial charge in [0.25, 0.3) is 0 Å². The van der Waals surface area contributed by atoms with Crippen LogP contribution in [0.25, 0.3) is 0 Å². The summed E-state index contributed by atoms with van der Waals surface area (Å²) < 4.78 is 6.17. The highest BCUT2D eigenvalue weighted by Crippen LogP contribution is 2.54. The maximum Gasteiger partial charge on any atom is 0.0684 e. The highest BCUT2D eigenvalue weighted by Gasteiger charge is 2.55. The molecule has 0 radical (unpaired) electrons. The topological polar surface area (TPSA) is 9.23 Å². The SMILES string of the molecule is CC1(C)OC2CCCCC2C1(C)C. The lowest BCUT2D eigenvalue weighted by Crippen LogP contribution is -2.38. The summed E-state index contributed by atoms with van der Waals surface area (Å²) in [6, 6.07) is 0. The zero-order chi connectivity index (χ0) is 9.69. The van der Waals surface area contributed by atoms with Crippen LogP contribution in [0.2, 0.25) is 0 Å². The van der Waals surface area contributed by atoms with Crippen LogP contribution in [0, 0.1) is 11.3 Å². The third-order valence-electron chi connectivity index (χ3n) is 4.63. The fraction of sp³-hybridized carbons (Fsp3) is 1.00. The van der Waals surface area contributed by atoms with Gasteiger partial charge in [-0.05, 0) is 38.0 Å². The number of ether oxygens (including phenoxy) is 1. The van der Waals surface area contributed by atoms with Crippen LogP contribution in [0.5, 0.6) is 0 Å². The maximum atomic E-state index is 6.17. The Morgan fingerprint density at radius 1 is 1.00 bits per heavy atom. The molecule has 0 aromatic rings. The molecule has 0 spiro atoms. The predicted molar refractivity (Wildman–Crippen MR) is 54.7 cm³/mol. The van der Waals surface area contributed by atoms with Crippen LogP contribution in [0.15, 0.2) is 0 Å². The van der Waals surface area contributed by atoms with Crippen LogP contribution >= 0.6 is 0 Å². The highest BCUT2D eigenvalue weighted by atomic mass is 16.5. The second-order valence-corrected chi connectivity index (χ2v) is 5.78. The Labute approximate surface area is 81.9 Å². The molecule has 1 nitrogen and oxygen atoms in total. The van der Waals surface area contributed by atoms with E-state index in [0.717, 1.165) is 5.92 Å². The van der Waals surface area contributed by atoms with Crippen LogP contribution in [-0.2, 0) is 4.74 Å². The van der Waals surface area contributed by atoms with E-state index in [4.69, 9.17) is 4.74 Å². The average Bonchev–Trinajstić information content (AvgIpc) is 2.20. The number of fused-ring (bicyclic) bond motifs is 1. The van der Waals surface area contributed by atoms with Crippen molar-refractivity contribution < 1.29 is 4.74 Å². The van der Waals surface area contributed by atoms with E-state index in [2.05, 4.69) is 27.7 Å². The lowest BCUT2D eigenvalue weighted by Gasteiger charge is -2.37. The Hall–Kier alpha value is -0.0400. The van der Waals surface area contributed by atoms with Crippen molar-refractivity contribution in [3.63, 3.8) is 0 Å². The summed E-state index contributed by atoms with van der Waals surface area (Å²) in [5, 5.41) is 0. The van der Waals surface area contributed by atoms with E-state index in [9.17, 15) is 0 Å². The molecular weight excluding hydrogens is 160 g/mol. The quantitative estimate of drug-likeness (QED) is 0.558. The molecule has 2 atom stereocenters. The minimum Gasteiger partial charge on any atom is -0.371 e. The van der Waals surface area contributed by atoms with Gasteiger partial charge in [0.2, 0.25) is 0 Å². The molecule has 1 heteroatoms. The van der Waals surface area contributed by atoms with Crippen molar-refractivity contribution in [2.45, 2.75) is 65.1 Å². The minimum absolute atomic E-state index is 0.0761. The molecular formula is C12H22O. The molecule has 13 heavy (non-hydrogen) atoms. The van der Waals surface area contributed by atoms with Gasteiger partial charge >= 0.3 is 0 Å². The molecule has 1 saturated heterocycles. The van der Waals surface area contributed by atoms with E-state index in [1.165, 1.54) is 25.7 Å². The van der Waals surface area contributed by atoms with Gasteiger partial charge in [0.15, 0.2) is 0 Å². The van der Waals surface area contributed by atoms with Crippen molar-refractivity contribution in [1.29, 1.82) is 0 Å². The molecule has 2 unspecified atom stereocenters. The Kier molecular flexibility index (Phi) is 1.99. The van der Waals surface area contributed by atoms with E-state index in [-0.39, 0.29) is 5.60 Å². The van der Waals surface area contributed by atoms with Crippen molar-refractivity contribution in [3.8, 4) is 0 Å². The third kappa shape index (κ3) is 1.24. The first-order valence-corrected chi connectivity index (χ1v) is 5.63. The highest BCUT2D eigenvalue weighted by molar-refractivity contribution is 5.03. The van der Waals surface area contributed by atoms with Gasteiger partial charge in [-0.1, -0.05) is 26.7 Å². The number of rotatable bonds is 0. The Morgan fingerprint density at radius 2 is 1.62 bits per heavy atom. The van der Waals surface area contributed by atoms with Gasteiger partial charge in [0.1, 0.15) is 0 Å². The largest absolute Gasteiger partial charge is 0.371 e. The van der Waals surface area contributed by atoms with Gasteiger partial charge in [0, 0.05) is 0 Å². The summed E-state index contributed by atoms with van der Waals surface area (Å²) in [6.45, 7) is 9.27. The summed E-state index contributed by atoms with van der Waals surface area (Å²) in [5.74, 6) is 0.802. The number of hydrogen-bond acceptors (Lipinski definition) is 1. The molecule has 76 valence electrons. The zero-order valence-corrected chi connectivity index (χ0v) is 9.39. The third-order valence-corrected chi connectivity index (χ3v) is 4.63. The first-order chi connectivity index (χ1) is 5.95. The Morgan fingerprint density at radius 3 is 2.23 bits per heavy atom. The molecule has 0 amide bonds. The van der Waals surface area contributed by atoms with Gasteiger partial charge in [0.05, 0.1) is 11.7 Å². The lowest BCUT2D eigenvalue weighted by molar-refractivity contribution is -0.0544. The molecule has 2 fully saturated rings. The monoisotopic (exact) mass is 182 g/mol. The van der Waals surface area contributed by atoms with E-state index in [1.54, 1.807) is 0 Å². The normalized spacial score (nSPS) is 41.5. The fourth-order valence-electron chi connectivity index (χ4n) is 3.04. The Balaban J connectivity index is 2.25. The lowest BCUT2D eigenvalue weighted by atomic mass is 9.65. The van der Waals surface area contributed by atoms with E-state index >= 15 is 0 Å². The summed E-state index contributed by atoms with van der Waals surface area (Å²) in [5.41, 5.74) is 0.435. The molecule has 2 aliphatic rings. The van der Waals surface area contributed by atoms with Crippen LogP contribution in [0.1, 0.15) is 53.4 Å². The smallest absolute Gasteiger partial charge is 0.0684 e. The van der Waals surface area contributed by atoms with Crippen LogP contribution in [0.4, 0.5) is 0 Å². The molecule has 0 aromatic carbocycles. The minimum atomic E-state index is 0.0761. The molecule has 0 aromatic heterocycles. The molecule has 1 aliphatic heterocycles. The van der Waals surface area contributed by atoms with Crippen LogP contribution in [-0.4, -0.2) is 11.7 Å². The Bertz CT molecular complexity index is 205. The molecule has 2 rings (SSSR count). The van der Waals surface area contributed by atoms with Crippen molar-refractivity contribution in [2.75, 3.05) is 0 Å². The average molecular weight is 182 g/mol. The van der Waals surface area contributed by atoms with E-state index in [1.807, 2.05) is 0 Å². The first kappa shape index (κ1) is 9.51. The van der Waals surface area contributed by atoms with Gasteiger partial charge in [-0.25, -0.2) is 0 Å². The zero-order valence-electron chi connectivity index (χ0n) is 9.39. The van der Waals surface area contributed by atoms with Crippen molar-refractivity contribution in [3.05, 3.63) is 0 Å². The molecule has 1 saturated carbocycles. The molecule has 0 bridgehead atoms. The van der Waals surface area contributed by atoms with Crippen molar-refractivity contribution >= 4 is 0 Å². The van der Waals surface area contributed by atoms with E-state index in [0.29, 0.717) is 11.5 Å². The first-order valence-electron chi connectivity index (χ1n) is 5.63. The van der Waals surface area contributed by atoms with E-state index < -0.39 is 0 Å². The fourth-order valence-corrected chi connectivity index (χ4v) is 3.04. The summed E-state index contributed by atoms with van der Waals surface area (Å²) >= 11 is 0.